The number of rotatable bonds is 5. The lowest BCUT2D eigenvalue weighted by molar-refractivity contribution is -0.122. The van der Waals surface area contributed by atoms with Crippen molar-refractivity contribution in [2.75, 3.05) is 33.1 Å². The second-order valence-electron chi connectivity index (χ2n) is 7.62. The smallest absolute Gasteiger partial charge is 0.231 e. The van der Waals surface area contributed by atoms with Gasteiger partial charge in [0, 0.05) is 31.0 Å². The number of benzene rings is 1. The monoisotopic (exact) mass is 396 g/mol. The predicted molar refractivity (Wildman–Crippen MR) is 105 cm³/mol. The van der Waals surface area contributed by atoms with Crippen LogP contribution in [0.5, 0.6) is 11.5 Å². The van der Waals surface area contributed by atoms with Crippen molar-refractivity contribution in [2.24, 2.45) is 0 Å². The molecule has 1 aliphatic carbocycles. The topological polar surface area (TPSA) is 68.8 Å². The maximum absolute atomic E-state index is 12.5. The van der Waals surface area contributed by atoms with Crippen LogP contribution in [0.1, 0.15) is 44.1 Å². The second kappa shape index (κ2) is 9.13. The van der Waals surface area contributed by atoms with Crippen molar-refractivity contribution in [3.63, 3.8) is 0 Å². The third-order valence-corrected chi connectivity index (χ3v) is 5.85. The van der Waals surface area contributed by atoms with Gasteiger partial charge >= 0.3 is 0 Å². The fraction of sp³-hybridized carbons (Fsp3) is 0.650. The molecule has 27 heavy (non-hydrogen) atoms. The van der Waals surface area contributed by atoms with Crippen LogP contribution in [0.3, 0.4) is 0 Å². The van der Waals surface area contributed by atoms with Crippen LogP contribution in [0.4, 0.5) is 0 Å². The first-order valence-corrected chi connectivity index (χ1v) is 9.73. The van der Waals surface area contributed by atoms with E-state index in [0.717, 1.165) is 37.5 Å². The van der Waals surface area contributed by atoms with Gasteiger partial charge in [0.1, 0.15) is 0 Å². The molecule has 150 valence electrons. The lowest BCUT2D eigenvalue weighted by Crippen LogP contribution is -2.47. The number of hydrogen-bond acceptors (Lipinski definition) is 5. The molecule has 0 spiro atoms. The highest BCUT2D eigenvalue weighted by Crippen LogP contribution is 2.43. The summed E-state index contributed by atoms with van der Waals surface area (Å²) in [6.45, 7) is 3.13. The molecule has 0 aromatic heterocycles. The Morgan fingerprint density at radius 3 is 2.78 bits per heavy atom. The molecule has 4 rings (SSSR count). The summed E-state index contributed by atoms with van der Waals surface area (Å²) in [6, 6.07) is 6.37. The molecule has 2 aliphatic heterocycles. The first-order chi connectivity index (χ1) is 12.8. The van der Waals surface area contributed by atoms with Gasteiger partial charge in [0.2, 0.25) is 12.7 Å². The third-order valence-electron chi connectivity index (χ3n) is 5.85. The quantitative estimate of drug-likeness (QED) is 0.800. The Balaban J connectivity index is 0.00000210. The van der Waals surface area contributed by atoms with Crippen LogP contribution in [-0.2, 0) is 14.9 Å². The molecule has 0 bridgehead atoms. The van der Waals surface area contributed by atoms with E-state index in [-0.39, 0.29) is 29.8 Å². The number of fused-ring (bicyclic) bond motifs is 1. The van der Waals surface area contributed by atoms with E-state index in [1.54, 1.807) is 0 Å². The van der Waals surface area contributed by atoms with Crippen molar-refractivity contribution >= 4 is 18.3 Å². The number of nitrogens with one attached hydrogen (secondary N) is 2. The zero-order chi connectivity index (χ0) is 17.8. The fourth-order valence-corrected chi connectivity index (χ4v) is 4.34. The Labute approximate surface area is 166 Å². The number of ether oxygens (including phenoxy) is 3. The van der Waals surface area contributed by atoms with Crippen molar-refractivity contribution < 1.29 is 19.0 Å². The number of carbonyl (C=O) groups is 1. The van der Waals surface area contributed by atoms with Gasteiger partial charge in [-0.3, -0.25) is 4.79 Å². The molecule has 6 nitrogen and oxygen atoms in total. The van der Waals surface area contributed by atoms with Crippen LogP contribution in [0.25, 0.3) is 0 Å². The molecule has 0 radical (unpaired) electrons. The van der Waals surface area contributed by atoms with Gasteiger partial charge in [-0.2, -0.15) is 0 Å². The molecule has 1 saturated carbocycles. The fourth-order valence-electron chi connectivity index (χ4n) is 4.34. The Hall–Kier alpha value is -1.50. The summed E-state index contributed by atoms with van der Waals surface area (Å²) >= 11 is 0. The van der Waals surface area contributed by atoms with Crippen LogP contribution >= 0.6 is 12.4 Å². The third kappa shape index (κ3) is 4.68. The van der Waals surface area contributed by atoms with Crippen LogP contribution in [0.2, 0.25) is 0 Å². The van der Waals surface area contributed by atoms with E-state index in [2.05, 4.69) is 22.8 Å². The summed E-state index contributed by atoms with van der Waals surface area (Å²) < 4.78 is 16.5. The summed E-state index contributed by atoms with van der Waals surface area (Å²) in [5.41, 5.74) is 1.24. The van der Waals surface area contributed by atoms with Crippen LogP contribution in [0, 0.1) is 0 Å². The zero-order valence-corrected chi connectivity index (χ0v) is 16.4. The van der Waals surface area contributed by atoms with Crippen LogP contribution in [-0.4, -0.2) is 45.0 Å². The van der Waals surface area contributed by atoms with E-state index in [4.69, 9.17) is 14.2 Å². The molecule has 1 aromatic carbocycles. The summed E-state index contributed by atoms with van der Waals surface area (Å²) in [5, 5.41) is 6.54. The van der Waals surface area contributed by atoms with E-state index in [9.17, 15) is 4.79 Å². The lowest BCUT2D eigenvalue weighted by Gasteiger charge is -2.38. The molecule has 7 heteroatoms. The molecule has 2 fully saturated rings. The normalized spacial score (nSPS) is 23.3. The molecule has 1 saturated heterocycles. The van der Waals surface area contributed by atoms with Gasteiger partial charge in [-0.05, 0) is 30.5 Å². The minimum absolute atomic E-state index is 0. The maximum atomic E-state index is 12.5. The summed E-state index contributed by atoms with van der Waals surface area (Å²) in [4.78, 5) is 12.5. The number of hydrogen-bond donors (Lipinski definition) is 2. The first-order valence-electron chi connectivity index (χ1n) is 9.73. The standard InChI is InChI=1S/C20H28N2O4.ClH/c23-19(11-16-12-24-9-8-21-16)22-13-20(6-2-1-3-7-20)15-4-5-17-18(10-15)26-14-25-17;/h4-5,10,16,21H,1-3,6-9,11-14H2,(H,22,23);1H. The van der Waals surface area contributed by atoms with E-state index in [1.807, 2.05) is 6.07 Å². The van der Waals surface area contributed by atoms with Gasteiger partial charge < -0.3 is 24.8 Å². The minimum atomic E-state index is -0.00855. The molecule has 1 aromatic rings. The Morgan fingerprint density at radius 2 is 2.00 bits per heavy atom. The summed E-state index contributed by atoms with van der Waals surface area (Å²) in [5.74, 6) is 1.73. The van der Waals surface area contributed by atoms with Gasteiger partial charge in [-0.1, -0.05) is 25.3 Å². The second-order valence-corrected chi connectivity index (χ2v) is 7.62. The van der Waals surface area contributed by atoms with Crippen molar-refractivity contribution in [2.45, 2.75) is 50.0 Å². The number of carbonyl (C=O) groups excluding carboxylic acids is 1. The minimum Gasteiger partial charge on any atom is -0.454 e. The summed E-state index contributed by atoms with van der Waals surface area (Å²) in [6.07, 6.45) is 6.32. The van der Waals surface area contributed by atoms with Crippen molar-refractivity contribution in [1.29, 1.82) is 0 Å². The average Bonchev–Trinajstić information content (AvgIpc) is 3.16. The van der Waals surface area contributed by atoms with E-state index in [0.29, 0.717) is 26.4 Å². The maximum Gasteiger partial charge on any atom is 0.231 e. The van der Waals surface area contributed by atoms with Crippen molar-refractivity contribution in [1.82, 2.24) is 10.6 Å². The van der Waals surface area contributed by atoms with Gasteiger partial charge in [-0.15, -0.1) is 12.4 Å². The molecule has 1 unspecified atom stereocenters. The van der Waals surface area contributed by atoms with E-state index < -0.39 is 0 Å². The average molecular weight is 397 g/mol. The van der Waals surface area contributed by atoms with Crippen LogP contribution < -0.4 is 20.1 Å². The van der Waals surface area contributed by atoms with Crippen molar-refractivity contribution in [3.05, 3.63) is 23.8 Å². The molecular weight excluding hydrogens is 368 g/mol. The van der Waals surface area contributed by atoms with Crippen molar-refractivity contribution in [3.8, 4) is 11.5 Å². The van der Waals surface area contributed by atoms with Gasteiger partial charge in [0.15, 0.2) is 11.5 Å². The lowest BCUT2D eigenvalue weighted by atomic mass is 9.69. The summed E-state index contributed by atoms with van der Waals surface area (Å²) in [7, 11) is 0. The number of morpholine rings is 1. The van der Waals surface area contributed by atoms with Gasteiger partial charge in [-0.25, -0.2) is 0 Å². The highest BCUT2D eigenvalue weighted by Gasteiger charge is 2.35. The molecular formula is C20H29ClN2O4. The van der Waals surface area contributed by atoms with E-state index in [1.165, 1.54) is 24.8 Å². The Kier molecular flexibility index (Phi) is 6.84. The highest BCUT2D eigenvalue weighted by molar-refractivity contribution is 5.85. The zero-order valence-electron chi connectivity index (χ0n) is 15.6. The SMILES string of the molecule is Cl.O=C(CC1COCCN1)NCC1(c2ccc3c(c2)OCO3)CCCCC1. The predicted octanol–water partition coefficient (Wildman–Crippen LogP) is 2.53. The van der Waals surface area contributed by atoms with E-state index >= 15 is 0 Å². The largest absolute Gasteiger partial charge is 0.454 e. The Morgan fingerprint density at radius 1 is 1.19 bits per heavy atom. The molecule has 1 atom stereocenters. The van der Waals surface area contributed by atoms with Crippen LogP contribution in [0.15, 0.2) is 18.2 Å². The molecule has 1 amide bonds. The number of halogens is 1. The highest BCUT2D eigenvalue weighted by atomic mass is 35.5. The van der Waals surface area contributed by atoms with Gasteiger partial charge in [0.25, 0.3) is 0 Å². The molecule has 3 aliphatic rings. The molecule has 2 N–H and O–H groups in total. The van der Waals surface area contributed by atoms with Gasteiger partial charge in [0.05, 0.1) is 13.2 Å². The Bertz CT molecular complexity index is 643. The number of amides is 1. The first kappa shape index (κ1) is 20.2. The molecule has 2 heterocycles.